The molecule has 2 aromatic carbocycles. The van der Waals surface area contributed by atoms with Crippen LogP contribution in [0.5, 0.6) is 0 Å². The molecular weight excluding hydrogens is 373 g/mol. The number of hydrogen-bond donors (Lipinski definition) is 3. The summed E-state index contributed by atoms with van der Waals surface area (Å²) in [5.41, 5.74) is 1.87. The summed E-state index contributed by atoms with van der Waals surface area (Å²) in [6.45, 7) is 4.04. The zero-order valence-electron chi connectivity index (χ0n) is 14.6. The molecule has 0 radical (unpaired) electrons. The number of benzene rings is 2. The smallest absolute Gasteiger partial charge is 0.251 e. The second kappa shape index (κ2) is 9.46. The first-order chi connectivity index (χ1) is 12.4. The first kappa shape index (κ1) is 20.1. The van der Waals surface area contributed by atoms with E-state index >= 15 is 0 Å². The molecule has 0 aromatic heterocycles. The van der Waals surface area contributed by atoms with Crippen LogP contribution in [0.2, 0.25) is 10.0 Å². The summed E-state index contributed by atoms with van der Waals surface area (Å²) in [6.07, 6.45) is 0.867. The van der Waals surface area contributed by atoms with Gasteiger partial charge in [0.15, 0.2) is 0 Å². The van der Waals surface area contributed by atoms with Gasteiger partial charge >= 0.3 is 0 Å². The lowest BCUT2D eigenvalue weighted by Crippen LogP contribution is -2.31. The van der Waals surface area contributed by atoms with Gasteiger partial charge in [0.2, 0.25) is 5.91 Å². The van der Waals surface area contributed by atoms with Crippen molar-refractivity contribution in [1.82, 2.24) is 5.32 Å². The zero-order valence-corrected chi connectivity index (χ0v) is 16.1. The van der Waals surface area contributed by atoms with Gasteiger partial charge in [-0.05, 0) is 55.8 Å². The quantitative estimate of drug-likeness (QED) is 0.644. The van der Waals surface area contributed by atoms with Crippen molar-refractivity contribution in [3.63, 3.8) is 0 Å². The number of carbonyl (C=O) groups is 2. The van der Waals surface area contributed by atoms with Crippen LogP contribution in [-0.2, 0) is 4.79 Å². The summed E-state index contributed by atoms with van der Waals surface area (Å²) in [5, 5.41) is 9.51. The molecule has 0 saturated heterocycles. The normalized spacial score (nSPS) is 11.5. The van der Waals surface area contributed by atoms with Crippen molar-refractivity contribution in [3.05, 3.63) is 58.1 Å². The second-order valence-electron chi connectivity index (χ2n) is 5.89. The van der Waals surface area contributed by atoms with Crippen molar-refractivity contribution in [2.45, 2.75) is 26.3 Å². The van der Waals surface area contributed by atoms with Crippen molar-refractivity contribution in [2.75, 3.05) is 17.2 Å². The fourth-order valence-corrected chi connectivity index (χ4v) is 2.41. The molecule has 0 bridgehead atoms. The number of anilines is 2. The predicted molar refractivity (Wildman–Crippen MR) is 107 cm³/mol. The van der Waals surface area contributed by atoms with Gasteiger partial charge in [0.05, 0.1) is 16.6 Å². The number of rotatable bonds is 7. The SMILES string of the molecule is CCC(C)NC(=O)c1ccc(NC(=O)CNc2ccc(Cl)c(Cl)c2)cc1. The van der Waals surface area contributed by atoms with Crippen LogP contribution < -0.4 is 16.0 Å². The summed E-state index contributed by atoms with van der Waals surface area (Å²) in [5.74, 6) is -0.341. The number of halogens is 2. The average Bonchev–Trinajstić information content (AvgIpc) is 2.63. The van der Waals surface area contributed by atoms with Gasteiger partial charge in [-0.2, -0.15) is 0 Å². The largest absolute Gasteiger partial charge is 0.376 e. The van der Waals surface area contributed by atoms with Crippen LogP contribution in [0.4, 0.5) is 11.4 Å². The molecule has 2 rings (SSSR count). The van der Waals surface area contributed by atoms with E-state index in [2.05, 4.69) is 16.0 Å². The highest BCUT2D eigenvalue weighted by Crippen LogP contribution is 2.24. The molecule has 0 aliphatic rings. The Hall–Kier alpha value is -2.24. The molecule has 2 amide bonds. The lowest BCUT2D eigenvalue weighted by molar-refractivity contribution is -0.114. The van der Waals surface area contributed by atoms with E-state index in [1.807, 2.05) is 13.8 Å². The Bertz CT molecular complexity index is 779. The highest BCUT2D eigenvalue weighted by Gasteiger charge is 2.09. The topological polar surface area (TPSA) is 70.2 Å². The van der Waals surface area contributed by atoms with E-state index in [1.165, 1.54) is 0 Å². The molecule has 1 atom stereocenters. The van der Waals surface area contributed by atoms with Gasteiger partial charge in [0, 0.05) is 23.0 Å². The van der Waals surface area contributed by atoms with Gasteiger partial charge in [0.1, 0.15) is 0 Å². The number of hydrogen-bond acceptors (Lipinski definition) is 3. The van der Waals surface area contributed by atoms with Crippen LogP contribution in [0.25, 0.3) is 0 Å². The molecule has 2 aromatic rings. The molecule has 0 saturated carbocycles. The van der Waals surface area contributed by atoms with Gasteiger partial charge in [0.25, 0.3) is 5.91 Å². The Morgan fingerprint density at radius 1 is 1.00 bits per heavy atom. The Morgan fingerprint density at radius 2 is 1.65 bits per heavy atom. The monoisotopic (exact) mass is 393 g/mol. The maximum atomic E-state index is 12.0. The van der Waals surface area contributed by atoms with Gasteiger partial charge in [-0.1, -0.05) is 30.1 Å². The molecule has 0 spiro atoms. The molecule has 26 heavy (non-hydrogen) atoms. The highest BCUT2D eigenvalue weighted by atomic mass is 35.5. The van der Waals surface area contributed by atoms with Crippen LogP contribution in [-0.4, -0.2) is 24.4 Å². The van der Waals surface area contributed by atoms with Gasteiger partial charge in [-0.25, -0.2) is 0 Å². The molecule has 0 heterocycles. The molecule has 138 valence electrons. The Kier molecular flexibility index (Phi) is 7.30. The van der Waals surface area contributed by atoms with Crippen LogP contribution in [0.1, 0.15) is 30.6 Å². The molecule has 1 unspecified atom stereocenters. The van der Waals surface area contributed by atoms with E-state index in [4.69, 9.17) is 23.2 Å². The molecule has 0 aliphatic heterocycles. The van der Waals surface area contributed by atoms with Gasteiger partial charge < -0.3 is 16.0 Å². The first-order valence-electron chi connectivity index (χ1n) is 8.28. The Morgan fingerprint density at radius 3 is 2.27 bits per heavy atom. The van der Waals surface area contributed by atoms with Gasteiger partial charge in [-0.3, -0.25) is 9.59 Å². The van der Waals surface area contributed by atoms with E-state index < -0.39 is 0 Å². The lowest BCUT2D eigenvalue weighted by atomic mass is 10.1. The molecule has 0 fully saturated rings. The highest BCUT2D eigenvalue weighted by molar-refractivity contribution is 6.42. The number of nitrogens with one attached hydrogen (secondary N) is 3. The summed E-state index contributed by atoms with van der Waals surface area (Å²) in [7, 11) is 0. The Balaban J connectivity index is 1.86. The van der Waals surface area contributed by atoms with Gasteiger partial charge in [-0.15, -0.1) is 0 Å². The minimum atomic E-state index is -0.215. The number of carbonyl (C=O) groups excluding carboxylic acids is 2. The predicted octanol–water partition coefficient (Wildman–Crippen LogP) is 4.57. The van der Waals surface area contributed by atoms with Crippen molar-refractivity contribution in [2.24, 2.45) is 0 Å². The zero-order chi connectivity index (χ0) is 19.1. The standard InChI is InChI=1S/C19H21Cl2N3O2/c1-3-12(2)23-19(26)13-4-6-14(7-5-13)24-18(25)11-22-15-8-9-16(20)17(21)10-15/h4-10,12,22H,3,11H2,1-2H3,(H,23,26)(H,24,25). The molecule has 0 aliphatic carbocycles. The van der Waals surface area contributed by atoms with Crippen LogP contribution in [0, 0.1) is 0 Å². The third-order valence-corrected chi connectivity index (χ3v) is 4.53. The van der Waals surface area contributed by atoms with Crippen LogP contribution in [0.3, 0.4) is 0 Å². The Labute approximate surface area is 163 Å². The summed E-state index contributed by atoms with van der Waals surface area (Å²) < 4.78 is 0. The maximum absolute atomic E-state index is 12.0. The summed E-state index contributed by atoms with van der Waals surface area (Å²) in [4.78, 5) is 24.1. The van der Waals surface area contributed by atoms with E-state index in [0.717, 1.165) is 6.42 Å². The first-order valence-corrected chi connectivity index (χ1v) is 9.04. The van der Waals surface area contributed by atoms with E-state index in [1.54, 1.807) is 42.5 Å². The molecular formula is C19H21Cl2N3O2. The summed E-state index contributed by atoms with van der Waals surface area (Å²) >= 11 is 11.8. The van der Waals surface area contributed by atoms with Crippen molar-refractivity contribution < 1.29 is 9.59 Å². The summed E-state index contributed by atoms with van der Waals surface area (Å²) in [6, 6.07) is 11.9. The van der Waals surface area contributed by atoms with Crippen molar-refractivity contribution in [1.29, 1.82) is 0 Å². The maximum Gasteiger partial charge on any atom is 0.251 e. The molecule has 3 N–H and O–H groups in total. The third kappa shape index (κ3) is 5.93. The van der Waals surface area contributed by atoms with Crippen LogP contribution >= 0.6 is 23.2 Å². The van der Waals surface area contributed by atoms with E-state index in [-0.39, 0.29) is 24.4 Å². The fraction of sp³-hybridized carbons (Fsp3) is 0.263. The van der Waals surface area contributed by atoms with Crippen LogP contribution in [0.15, 0.2) is 42.5 Å². The minimum absolute atomic E-state index is 0.0776. The van der Waals surface area contributed by atoms with Crippen molar-refractivity contribution in [3.8, 4) is 0 Å². The van der Waals surface area contributed by atoms with E-state index in [0.29, 0.717) is 27.0 Å². The fourth-order valence-electron chi connectivity index (χ4n) is 2.11. The van der Waals surface area contributed by atoms with Crippen molar-refractivity contribution >= 4 is 46.4 Å². The minimum Gasteiger partial charge on any atom is -0.376 e. The second-order valence-corrected chi connectivity index (χ2v) is 6.71. The number of amides is 2. The molecule has 5 nitrogen and oxygen atoms in total. The van der Waals surface area contributed by atoms with E-state index in [9.17, 15) is 9.59 Å². The third-order valence-electron chi connectivity index (χ3n) is 3.79. The molecule has 7 heteroatoms. The average molecular weight is 394 g/mol. The lowest BCUT2D eigenvalue weighted by Gasteiger charge is -2.12.